The summed E-state index contributed by atoms with van der Waals surface area (Å²) in [6.45, 7) is 0.658. The summed E-state index contributed by atoms with van der Waals surface area (Å²) < 4.78 is 35.3. The van der Waals surface area contributed by atoms with Gasteiger partial charge >= 0.3 is 0 Å². The normalized spacial score (nSPS) is 28.1. The Morgan fingerprint density at radius 1 is 1.04 bits per heavy atom. The molecule has 2 saturated carbocycles. The predicted octanol–water partition coefficient (Wildman–Crippen LogP) is 5.07. The molecule has 3 amide bonds. The minimum Gasteiger partial charge on any atom is -0.465 e. The number of hydrogen-bond donors (Lipinski definition) is 3. The molecule has 0 radical (unpaired) electrons. The molecule has 7 rings (SSSR count). The fourth-order valence-electron chi connectivity index (χ4n) is 7.71. The zero-order valence-electron chi connectivity index (χ0n) is 27.9. The lowest BCUT2D eigenvalue weighted by Gasteiger charge is -2.33. The second kappa shape index (κ2) is 14.8. The standard InChI is InChI=1S/C36H44ClN5O6S2/c37-25-12-15-28-31(18-25)49-35(39-28)48-26-19-30-32(43)40-36(34(45)41-50(46,47)27-13-14-27)17-16-23(20-36)8-4-1-2-7-11-29(33(44)42(30)22-26)38-21-24-9-5-3-6-10-24/h3,5-6,9-10,12,15,18,23,26-27,29-30,38H,1-2,4,7-8,11,13-14,16-17,19-22H2,(H,40,43)(H,41,45)/t23?,26-,29+,30+,36-/m1/s1. The van der Waals surface area contributed by atoms with Crippen molar-refractivity contribution < 1.29 is 27.5 Å². The maximum absolute atomic E-state index is 14.5. The smallest absolute Gasteiger partial charge is 0.274 e. The van der Waals surface area contributed by atoms with Gasteiger partial charge < -0.3 is 20.3 Å². The Morgan fingerprint density at radius 2 is 1.82 bits per heavy atom. The average molecular weight is 742 g/mol. The van der Waals surface area contributed by atoms with Gasteiger partial charge in [-0.1, -0.05) is 85.4 Å². The Balaban J connectivity index is 1.17. The molecule has 50 heavy (non-hydrogen) atoms. The summed E-state index contributed by atoms with van der Waals surface area (Å²) in [4.78, 5) is 49.0. The molecule has 4 fully saturated rings. The molecule has 2 aliphatic carbocycles. The Morgan fingerprint density at radius 3 is 2.60 bits per heavy atom. The zero-order chi connectivity index (χ0) is 34.9. The Kier molecular flexibility index (Phi) is 10.4. The summed E-state index contributed by atoms with van der Waals surface area (Å²) in [7, 11) is -3.83. The van der Waals surface area contributed by atoms with E-state index in [1.807, 2.05) is 42.5 Å². The number of benzene rings is 2. The highest BCUT2D eigenvalue weighted by Gasteiger charge is 2.51. The Hall–Kier alpha value is -3.26. The lowest BCUT2D eigenvalue weighted by molar-refractivity contribution is -0.142. The van der Waals surface area contributed by atoms with Crippen molar-refractivity contribution in [2.75, 3.05) is 6.54 Å². The second-order valence-electron chi connectivity index (χ2n) is 14.3. The fraction of sp³-hybridized carbons (Fsp3) is 0.556. The lowest BCUT2D eigenvalue weighted by Crippen LogP contribution is -2.62. The number of aromatic nitrogens is 1. The summed E-state index contributed by atoms with van der Waals surface area (Å²) in [6.07, 6.45) is 7.41. The number of carbonyl (C=O) groups excluding carboxylic acids is 3. The Labute approximate surface area is 301 Å². The van der Waals surface area contributed by atoms with Crippen molar-refractivity contribution in [2.45, 2.75) is 113 Å². The minimum absolute atomic E-state index is 0.162. The number of sulfonamides is 1. The number of thiazole rings is 1. The van der Waals surface area contributed by atoms with E-state index in [4.69, 9.17) is 16.3 Å². The molecule has 3 heterocycles. The molecule has 11 nitrogen and oxygen atoms in total. The molecule has 14 heteroatoms. The average Bonchev–Trinajstić information content (AvgIpc) is 3.59. The first-order valence-corrected chi connectivity index (χ1v) is 20.5. The van der Waals surface area contributed by atoms with Gasteiger partial charge in [-0.2, -0.15) is 0 Å². The first kappa shape index (κ1) is 35.2. The summed E-state index contributed by atoms with van der Waals surface area (Å²) in [5.41, 5.74) is 0.412. The molecule has 1 unspecified atom stereocenters. The topological polar surface area (TPSA) is 147 Å². The van der Waals surface area contributed by atoms with Crippen LogP contribution in [-0.2, 0) is 31.0 Å². The molecule has 3 aromatic rings. The molecular formula is C36H44ClN5O6S2. The molecule has 3 N–H and O–H groups in total. The van der Waals surface area contributed by atoms with Crippen molar-refractivity contribution in [3.05, 3.63) is 59.1 Å². The predicted molar refractivity (Wildman–Crippen MR) is 192 cm³/mol. The van der Waals surface area contributed by atoms with Gasteiger partial charge in [0.15, 0.2) is 0 Å². The summed E-state index contributed by atoms with van der Waals surface area (Å²) in [6, 6.07) is 13.8. The van der Waals surface area contributed by atoms with Crippen molar-refractivity contribution >= 4 is 60.9 Å². The number of halogens is 1. The molecule has 2 aliphatic heterocycles. The summed E-state index contributed by atoms with van der Waals surface area (Å²) in [5, 5.41) is 6.95. The quantitative estimate of drug-likeness (QED) is 0.290. The van der Waals surface area contributed by atoms with Gasteiger partial charge in [0.25, 0.3) is 11.1 Å². The van der Waals surface area contributed by atoms with E-state index in [1.165, 1.54) is 11.3 Å². The molecule has 0 spiro atoms. The molecule has 2 bridgehead atoms. The van der Waals surface area contributed by atoms with Crippen LogP contribution in [0.4, 0.5) is 0 Å². The molecule has 1 aromatic heterocycles. The van der Waals surface area contributed by atoms with Gasteiger partial charge in [0.2, 0.25) is 21.8 Å². The van der Waals surface area contributed by atoms with Crippen LogP contribution >= 0.6 is 22.9 Å². The first-order chi connectivity index (χ1) is 24.1. The number of nitrogens with one attached hydrogen (secondary N) is 3. The highest BCUT2D eigenvalue weighted by molar-refractivity contribution is 7.91. The van der Waals surface area contributed by atoms with Crippen LogP contribution in [0.1, 0.15) is 82.6 Å². The van der Waals surface area contributed by atoms with Crippen molar-refractivity contribution in [1.29, 1.82) is 0 Å². The zero-order valence-corrected chi connectivity index (χ0v) is 30.3. The first-order valence-electron chi connectivity index (χ1n) is 17.8. The summed E-state index contributed by atoms with van der Waals surface area (Å²) in [5.74, 6) is -1.17. The van der Waals surface area contributed by atoms with Crippen LogP contribution in [0.25, 0.3) is 10.2 Å². The summed E-state index contributed by atoms with van der Waals surface area (Å²) >= 11 is 7.55. The third kappa shape index (κ3) is 7.95. The van der Waals surface area contributed by atoms with E-state index in [-0.39, 0.29) is 24.8 Å². The number of fused-ring (bicyclic) bond motifs is 4. The number of carbonyl (C=O) groups is 3. The number of amides is 3. The number of ether oxygens (including phenoxy) is 1. The van der Waals surface area contributed by atoms with E-state index in [2.05, 4.69) is 20.3 Å². The number of nitrogens with zero attached hydrogens (tertiary/aromatic N) is 2. The second-order valence-corrected chi connectivity index (χ2v) is 17.7. The van der Waals surface area contributed by atoms with Crippen LogP contribution in [0.2, 0.25) is 5.02 Å². The fourth-order valence-corrected chi connectivity index (χ4v) is 10.2. The van der Waals surface area contributed by atoms with Gasteiger partial charge in [-0.15, -0.1) is 0 Å². The molecular weight excluding hydrogens is 698 g/mol. The van der Waals surface area contributed by atoms with E-state index >= 15 is 0 Å². The largest absolute Gasteiger partial charge is 0.465 e. The molecule has 4 aliphatic rings. The van der Waals surface area contributed by atoms with Gasteiger partial charge in [0.05, 0.1) is 28.1 Å². The molecule has 5 atom stereocenters. The lowest BCUT2D eigenvalue weighted by atomic mass is 9.92. The van der Waals surface area contributed by atoms with Crippen molar-refractivity contribution in [3.63, 3.8) is 0 Å². The minimum atomic E-state index is -3.83. The number of hydrogen-bond acceptors (Lipinski definition) is 9. The monoisotopic (exact) mass is 741 g/mol. The van der Waals surface area contributed by atoms with E-state index < -0.39 is 50.8 Å². The maximum Gasteiger partial charge on any atom is 0.274 e. The third-order valence-corrected chi connectivity index (χ3v) is 13.6. The third-order valence-electron chi connectivity index (χ3n) is 10.6. The van der Waals surface area contributed by atoms with Crippen LogP contribution in [0, 0.1) is 5.92 Å². The van der Waals surface area contributed by atoms with Crippen LogP contribution < -0.4 is 20.1 Å². The Bertz CT molecular complexity index is 1840. The van der Waals surface area contributed by atoms with E-state index in [0.717, 1.165) is 47.9 Å². The molecule has 2 saturated heterocycles. The maximum atomic E-state index is 14.5. The van der Waals surface area contributed by atoms with Crippen LogP contribution in [0.5, 0.6) is 5.19 Å². The van der Waals surface area contributed by atoms with Crippen molar-refractivity contribution in [2.24, 2.45) is 5.92 Å². The molecule has 2 aromatic carbocycles. The highest BCUT2D eigenvalue weighted by atomic mass is 35.5. The van der Waals surface area contributed by atoms with Gasteiger partial charge in [0, 0.05) is 18.0 Å². The van der Waals surface area contributed by atoms with Gasteiger partial charge in [-0.05, 0) is 68.2 Å². The van der Waals surface area contributed by atoms with E-state index in [1.54, 1.807) is 11.0 Å². The number of rotatable bonds is 8. The van der Waals surface area contributed by atoms with Crippen molar-refractivity contribution in [1.82, 2.24) is 25.2 Å². The van der Waals surface area contributed by atoms with Gasteiger partial charge in [-0.3, -0.25) is 19.1 Å². The van der Waals surface area contributed by atoms with Crippen LogP contribution in [0.15, 0.2) is 48.5 Å². The van der Waals surface area contributed by atoms with Gasteiger partial charge in [0.1, 0.15) is 17.7 Å². The highest BCUT2D eigenvalue weighted by Crippen LogP contribution is 2.40. The molecule has 268 valence electrons. The van der Waals surface area contributed by atoms with Gasteiger partial charge in [-0.25, -0.2) is 13.4 Å². The van der Waals surface area contributed by atoms with Crippen LogP contribution in [-0.4, -0.2) is 71.5 Å². The van der Waals surface area contributed by atoms with Crippen molar-refractivity contribution in [3.8, 4) is 5.19 Å². The van der Waals surface area contributed by atoms with E-state index in [9.17, 15) is 22.8 Å². The van der Waals surface area contributed by atoms with E-state index in [0.29, 0.717) is 55.3 Å². The SMILES string of the molecule is O=C1N[C@]2(C(=O)NS(=O)(=O)C3CC3)CCC(CCCCCC[C@H](NCc3ccccc3)C(=O)N3C[C@H](Oc4nc5ccc(Cl)cc5s4)C[C@@H]13)C2. The van der Waals surface area contributed by atoms with Crippen LogP contribution in [0.3, 0.4) is 0 Å².